The summed E-state index contributed by atoms with van der Waals surface area (Å²) in [6.45, 7) is 31.5. The van der Waals surface area contributed by atoms with E-state index in [0.29, 0.717) is 0 Å². The smallest absolute Gasteiger partial charge is 0.0786 e. The number of carboxylic acids is 2. The fourth-order valence-corrected chi connectivity index (χ4v) is 5.72. The largest absolute Gasteiger partial charge is 0.549 e. The maximum atomic E-state index is 9.84. The van der Waals surface area contributed by atoms with Gasteiger partial charge in [0.1, 0.15) is 0 Å². The van der Waals surface area contributed by atoms with Crippen molar-refractivity contribution in [3.63, 3.8) is 0 Å². The molecular formula is C37H78N2O4. The quantitative estimate of drug-likeness (QED) is 0.0708. The Morgan fingerprint density at radius 2 is 0.558 bits per heavy atom. The van der Waals surface area contributed by atoms with E-state index in [0.717, 1.165) is 0 Å². The van der Waals surface area contributed by atoms with E-state index in [1.165, 1.54) is 171 Å². The zero-order chi connectivity index (χ0) is 33.4. The van der Waals surface area contributed by atoms with E-state index in [-0.39, 0.29) is 6.42 Å². The molecule has 0 aliphatic heterocycles. The van der Waals surface area contributed by atoms with Crippen LogP contribution < -0.4 is 10.2 Å². The van der Waals surface area contributed by atoms with Crippen molar-refractivity contribution in [3.05, 3.63) is 0 Å². The topological polar surface area (TPSA) is 80.3 Å². The molecule has 0 aliphatic rings. The molecule has 0 spiro atoms. The molecule has 0 saturated heterocycles. The number of hydrogen-bond acceptors (Lipinski definition) is 4. The summed E-state index contributed by atoms with van der Waals surface area (Å²) in [6, 6.07) is 0. The number of carbonyl (C=O) groups is 2. The summed E-state index contributed by atoms with van der Waals surface area (Å²) in [4.78, 5) is 19.7. The van der Waals surface area contributed by atoms with Crippen LogP contribution in [0.5, 0.6) is 0 Å². The Hall–Kier alpha value is -1.14. The molecule has 260 valence electrons. The molecule has 0 amide bonds. The monoisotopic (exact) mass is 615 g/mol. The van der Waals surface area contributed by atoms with Crippen LogP contribution in [0.25, 0.3) is 0 Å². The van der Waals surface area contributed by atoms with Gasteiger partial charge in [-0.05, 0) is 57.8 Å². The van der Waals surface area contributed by atoms with Gasteiger partial charge in [-0.15, -0.1) is 0 Å². The average Bonchev–Trinajstić information content (AvgIpc) is 3.00. The Balaban J connectivity index is -0.000000586. The molecule has 0 heterocycles. The lowest BCUT2D eigenvalue weighted by Gasteiger charge is -2.39. The van der Waals surface area contributed by atoms with Crippen molar-refractivity contribution in [2.45, 2.75) is 171 Å². The highest BCUT2D eigenvalue weighted by atomic mass is 16.4. The zero-order valence-corrected chi connectivity index (χ0v) is 30.8. The predicted molar refractivity (Wildman–Crippen MR) is 183 cm³/mol. The van der Waals surface area contributed by atoms with Gasteiger partial charge in [0.15, 0.2) is 0 Å². The third kappa shape index (κ3) is 25.8. The van der Waals surface area contributed by atoms with E-state index in [4.69, 9.17) is 0 Å². The van der Waals surface area contributed by atoms with Crippen LogP contribution in [0.1, 0.15) is 171 Å². The molecular weight excluding hydrogens is 536 g/mol. The Morgan fingerprint density at radius 3 is 0.628 bits per heavy atom. The molecule has 0 atom stereocenters. The van der Waals surface area contributed by atoms with Crippen LogP contribution in [0.15, 0.2) is 0 Å². The Bertz CT molecular complexity index is 486. The summed E-state index contributed by atoms with van der Waals surface area (Å²) in [6.07, 6.45) is 22.1. The SMILES string of the molecule is CCC(C(=O)[O-])C(=O)[O-].CCCC[N+](CCCC)(CCCC)CCCC.CCCC[N+](CCCC)(CCCC)CCCC. The van der Waals surface area contributed by atoms with E-state index in [1.54, 1.807) is 0 Å². The minimum atomic E-state index is -1.59. The van der Waals surface area contributed by atoms with Crippen LogP contribution in [0.2, 0.25) is 0 Å². The molecule has 43 heavy (non-hydrogen) atoms. The summed E-state index contributed by atoms with van der Waals surface area (Å²) < 4.78 is 2.84. The highest BCUT2D eigenvalue weighted by Gasteiger charge is 2.25. The standard InChI is InChI=1S/2C16H36N.C5H8O4/c2*1-5-9-13-17(14-10-6-2,15-11-7-3)16-12-8-4;1-2-3(4(6)7)5(8)9/h2*5-16H2,1-4H3;3H,2H2,1H3,(H,6,7)(H,8,9)/q2*+1;/p-2. The van der Waals surface area contributed by atoms with Crippen molar-refractivity contribution in [3.8, 4) is 0 Å². The number of rotatable bonds is 27. The van der Waals surface area contributed by atoms with Crippen LogP contribution in [0, 0.1) is 5.92 Å². The minimum absolute atomic E-state index is 0.00463. The third-order valence-corrected chi connectivity index (χ3v) is 8.87. The molecule has 0 aromatic heterocycles. The number of quaternary nitrogens is 2. The number of carbonyl (C=O) groups excluding carboxylic acids is 2. The van der Waals surface area contributed by atoms with Crippen LogP contribution >= 0.6 is 0 Å². The summed E-state index contributed by atoms with van der Waals surface area (Å²) in [5.41, 5.74) is 0. The molecule has 0 aliphatic carbocycles. The summed E-state index contributed by atoms with van der Waals surface area (Å²) in [5.74, 6) is -4.64. The summed E-state index contributed by atoms with van der Waals surface area (Å²) in [5, 5.41) is 19.7. The first-order valence-electron chi connectivity index (χ1n) is 18.7. The number of hydrogen-bond donors (Lipinski definition) is 0. The molecule has 0 aromatic carbocycles. The maximum absolute atomic E-state index is 9.84. The van der Waals surface area contributed by atoms with Crippen LogP contribution in [0.4, 0.5) is 0 Å². The van der Waals surface area contributed by atoms with Gasteiger partial charge in [-0.3, -0.25) is 0 Å². The number of nitrogens with zero attached hydrogens (tertiary/aromatic N) is 2. The van der Waals surface area contributed by atoms with Gasteiger partial charge in [0.25, 0.3) is 0 Å². The van der Waals surface area contributed by atoms with Crippen molar-refractivity contribution in [1.29, 1.82) is 0 Å². The number of carboxylic acid groups (broad SMARTS) is 2. The van der Waals surface area contributed by atoms with Crippen molar-refractivity contribution in [1.82, 2.24) is 0 Å². The van der Waals surface area contributed by atoms with E-state index < -0.39 is 17.9 Å². The van der Waals surface area contributed by atoms with E-state index >= 15 is 0 Å². The Kier molecular flexibility index (Phi) is 34.7. The molecule has 0 unspecified atom stereocenters. The normalized spacial score (nSPS) is 11.5. The molecule has 0 rings (SSSR count). The second-order valence-corrected chi connectivity index (χ2v) is 12.9. The minimum Gasteiger partial charge on any atom is -0.549 e. The third-order valence-electron chi connectivity index (χ3n) is 8.87. The number of unbranched alkanes of at least 4 members (excludes halogenated alkanes) is 8. The summed E-state index contributed by atoms with van der Waals surface area (Å²) in [7, 11) is 0. The molecule has 0 fully saturated rings. The molecule has 0 bridgehead atoms. The Morgan fingerprint density at radius 1 is 0.395 bits per heavy atom. The lowest BCUT2D eigenvalue weighted by atomic mass is 10.1. The van der Waals surface area contributed by atoms with Crippen LogP contribution in [0.3, 0.4) is 0 Å². The highest BCUT2D eigenvalue weighted by Crippen LogP contribution is 2.17. The summed E-state index contributed by atoms with van der Waals surface area (Å²) >= 11 is 0. The van der Waals surface area contributed by atoms with Gasteiger partial charge in [-0.2, -0.15) is 0 Å². The first kappa shape index (κ1) is 46.3. The fraction of sp³-hybridized carbons (Fsp3) is 0.946. The van der Waals surface area contributed by atoms with E-state index in [2.05, 4.69) is 55.4 Å². The molecule has 0 aromatic rings. The van der Waals surface area contributed by atoms with Crippen LogP contribution in [-0.2, 0) is 9.59 Å². The molecule has 6 heteroatoms. The maximum Gasteiger partial charge on any atom is 0.0786 e. The Labute approximate surface area is 270 Å². The lowest BCUT2D eigenvalue weighted by Crippen LogP contribution is -2.50. The van der Waals surface area contributed by atoms with Gasteiger partial charge in [-0.25, -0.2) is 0 Å². The van der Waals surface area contributed by atoms with E-state index in [1.807, 2.05) is 0 Å². The van der Waals surface area contributed by atoms with Gasteiger partial charge in [-0.1, -0.05) is 114 Å². The highest BCUT2D eigenvalue weighted by molar-refractivity contribution is 5.90. The molecule has 0 N–H and O–H groups in total. The molecule has 6 nitrogen and oxygen atoms in total. The first-order valence-corrected chi connectivity index (χ1v) is 18.7. The van der Waals surface area contributed by atoms with Gasteiger partial charge in [0.2, 0.25) is 0 Å². The van der Waals surface area contributed by atoms with Crippen molar-refractivity contribution < 1.29 is 28.8 Å². The number of aliphatic carboxylic acids is 2. The predicted octanol–water partition coefficient (Wildman–Crippen LogP) is 7.52. The lowest BCUT2D eigenvalue weighted by molar-refractivity contribution is -0.929. The zero-order valence-electron chi connectivity index (χ0n) is 30.8. The average molecular weight is 615 g/mol. The fourth-order valence-electron chi connectivity index (χ4n) is 5.72. The van der Waals surface area contributed by atoms with E-state index in [9.17, 15) is 19.8 Å². The van der Waals surface area contributed by atoms with Gasteiger partial charge >= 0.3 is 0 Å². The van der Waals surface area contributed by atoms with Gasteiger partial charge in [0.05, 0.1) is 64.3 Å². The van der Waals surface area contributed by atoms with Gasteiger partial charge in [0, 0.05) is 5.92 Å². The second kappa shape index (κ2) is 32.3. The van der Waals surface area contributed by atoms with Crippen molar-refractivity contribution in [2.75, 3.05) is 52.4 Å². The second-order valence-electron chi connectivity index (χ2n) is 12.9. The molecule has 0 radical (unpaired) electrons. The molecule has 0 saturated carbocycles. The van der Waals surface area contributed by atoms with Gasteiger partial charge < -0.3 is 28.8 Å². The van der Waals surface area contributed by atoms with Crippen LogP contribution in [-0.4, -0.2) is 73.3 Å². The first-order chi connectivity index (χ1) is 20.6. The van der Waals surface area contributed by atoms with Crippen molar-refractivity contribution >= 4 is 11.9 Å². The van der Waals surface area contributed by atoms with Crippen molar-refractivity contribution in [2.24, 2.45) is 5.92 Å².